The highest BCUT2D eigenvalue weighted by molar-refractivity contribution is 5.93. The predicted octanol–water partition coefficient (Wildman–Crippen LogP) is 1.63. The number of carboxylic acids is 1. The van der Waals surface area contributed by atoms with Gasteiger partial charge in [0.25, 0.3) is 5.91 Å². The Labute approximate surface area is 125 Å². The van der Waals surface area contributed by atoms with Gasteiger partial charge in [-0.25, -0.2) is 4.79 Å². The van der Waals surface area contributed by atoms with Gasteiger partial charge in [0.05, 0.1) is 5.56 Å². The van der Waals surface area contributed by atoms with Crippen molar-refractivity contribution in [2.45, 2.75) is 39.8 Å². The Morgan fingerprint density at radius 2 is 1.86 bits per heavy atom. The van der Waals surface area contributed by atoms with Gasteiger partial charge < -0.3 is 10.4 Å². The minimum atomic E-state index is -1.06. The zero-order chi connectivity index (χ0) is 16.0. The van der Waals surface area contributed by atoms with E-state index in [4.69, 9.17) is 5.11 Å². The Kier molecular flexibility index (Phi) is 6.30. The summed E-state index contributed by atoms with van der Waals surface area (Å²) in [6.45, 7) is 9.76. The van der Waals surface area contributed by atoms with Gasteiger partial charge in [0.15, 0.2) is 0 Å². The minimum absolute atomic E-state index is 0.0670. The highest BCUT2D eigenvalue weighted by Crippen LogP contribution is 2.04. The number of nitrogens with zero attached hydrogens (tertiary/aromatic N) is 2. The van der Waals surface area contributed by atoms with Crippen LogP contribution in [0, 0.1) is 0 Å². The zero-order valence-corrected chi connectivity index (χ0v) is 13.0. The van der Waals surface area contributed by atoms with E-state index in [0.29, 0.717) is 18.6 Å². The van der Waals surface area contributed by atoms with Gasteiger partial charge in [-0.3, -0.25) is 14.7 Å². The molecule has 1 heterocycles. The molecule has 0 radical (unpaired) electrons. The molecule has 1 aromatic rings. The van der Waals surface area contributed by atoms with E-state index < -0.39 is 5.97 Å². The molecule has 0 aliphatic rings. The molecule has 6 nitrogen and oxygen atoms in total. The van der Waals surface area contributed by atoms with Crippen molar-refractivity contribution in [3.8, 4) is 0 Å². The van der Waals surface area contributed by atoms with Gasteiger partial charge in [-0.2, -0.15) is 0 Å². The van der Waals surface area contributed by atoms with Crippen molar-refractivity contribution in [1.82, 2.24) is 15.2 Å². The normalized spacial score (nSPS) is 11.2. The van der Waals surface area contributed by atoms with Crippen molar-refractivity contribution in [1.29, 1.82) is 0 Å². The summed E-state index contributed by atoms with van der Waals surface area (Å²) in [5.41, 5.74) is 0.290. The molecule has 0 atom stereocenters. The number of hydrogen-bond donors (Lipinski definition) is 2. The molecule has 0 saturated heterocycles. The number of carbonyl (C=O) groups excluding carboxylic acids is 1. The number of carboxylic acid groups (broad SMARTS) is 1. The van der Waals surface area contributed by atoms with Gasteiger partial charge in [-0.1, -0.05) is 0 Å². The van der Waals surface area contributed by atoms with E-state index in [0.717, 1.165) is 6.54 Å². The third kappa shape index (κ3) is 5.15. The van der Waals surface area contributed by atoms with E-state index in [1.54, 1.807) is 0 Å². The van der Waals surface area contributed by atoms with Gasteiger partial charge in [0.2, 0.25) is 0 Å². The SMILES string of the molecule is CC(C)N(CCNC(=O)c1ccc(C(=O)O)cn1)C(C)C. The molecule has 21 heavy (non-hydrogen) atoms. The number of aromatic carboxylic acids is 1. The first kappa shape index (κ1) is 17.1. The quantitative estimate of drug-likeness (QED) is 0.798. The van der Waals surface area contributed by atoms with Crippen LogP contribution in [0.15, 0.2) is 18.3 Å². The van der Waals surface area contributed by atoms with Crippen LogP contribution in [-0.2, 0) is 0 Å². The molecule has 1 amide bonds. The number of aromatic nitrogens is 1. The molecule has 0 aliphatic carbocycles. The lowest BCUT2D eigenvalue weighted by Crippen LogP contribution is -2.42. The van der Waals surface area contributed by atoms with E-state index in [1.807, 2.05) is 0 Å². The molecule has 0 fully saturated rings. The summed E-state index contributed by atoms with van der Waals surface area (Å²) in [6, 6.07) is 3.62. The first-order valence-corrected chi connectivity index (χ1v) is 7.06. The number of amides is 1. The van der Waals surface area contributed by atoms with Crippen LogP contribution in [0.2, 0.25) is 0 Å². The smallest absolute Gasteiger partial charge is 0.337 e. The van der Waals surface area contributed by atoms with Crippen LogP contribution in [0.3, 0.4) is 0 Å². The highest BCUT2D eigenvalue weighted by atomic mass is 16.4. The fourth-order valence-corrected chi connectivity index (χ4v) is 2.16. The van der Waals surface area contributed by atoms with Gasteiger partial charge in [-0.15, -0.1) is 0 Å². The van der Waals surface area contributed by atoms with Crippen molar-refractivity contribution < 1.29 is 14.7 Å². The lowest BCUT2D eigenvalue weighted by molar-refractivity contribution is 0.0695. The Morgan fingerprint density at radius 1 is 1.24 bits per heavy atom. The molecular formula is C15H23N3O3. The molecular weight excluding hydrogens is 270 g/mol. The molecule has 0 spiro atoms. The Bertz CT molecular complexity index is 475. The van der Waals surface area contributed by atoms with Crippen LogP contribution < -0.4 is 5.32 Å². The lowest BCUT2D eigenvalue weighted by Gasteiger charge is -2.30. The zero-order valence-electron chi connectivity index (χ0n) is 13.0. The summed E-state index contributed by atoms with van der Waals surface area (Å²) in [4.78, 5) is 28.8. The molecule has 1 aromatic heterocycles. The topological polar surface area (TPSA) is 82.5 Å². The van der Waals surface area contributed by atoms with Crippen molar-refractivity contribution in [3.63, 3.8) is 0 Å². The Hall–Kier alpha value is -1.95. The number of pyridine rings is 1. The van der Waals surface area contributed by atoms with Crippen molar-refractivity contribution in [2.24, 2.45) is 0 Å². The minimum Gasteiger partial charge on any atom is -0.478 e. The maximum Gasteiger partial charge on any atom is 0.337 e. The third-order valence-electron chi connectivity index (χ3n) is 3.23. The average molecular weight is 293 g/mol. The van der Waals surface area contributed by atoms with Crippen molar-refractivity contribution >= 4 is 11.9 Å². The predicted molar refractivity (Wildman–Crippen MR) is 80.5 cm³/mol. The first-order valence-electron chi connectivity index (χ1n) is 7.06. The van der Waals surface area contributed by atoms with E-state index in [-0.39, 0.29) is 17.2 Å². The van der Waals surface area contributed by atoms with Gasteiger partial charge >= 0.3 is 5.97 Å². The molecule has 1 rings (SSSR count). The van der Waals surface area contributed by atoms with Crippen LogP contribution in [0.25, 0.3) is 0 Å². The van der Waals surface area contributed by atoms with E-state index >= 15 is 0 Å². The molecule has 6 heteroatoms. The fourth-order valence-electron chi connectivity index (χ4n) is 2.16. The molecule has 0 bridgehead atoms. The lowest BCUT2D eigenvalue weighted by atomic mass is 10.2. The Balaban J connectivity index is 2.52. The van der Waals surface area contributed by atoms with Crippen LogP contribution in [0.4, 0.5) is 0 Å². The summed E-state index contributed by atoms with van der Waals surface area (Å²) < 4.78 is 0. The summed E-state index contributed by atoms with van der Waals surface area (Å²) in [5, 5.41) is 11.6. The molecule has 116 valence electrons. The van der Waals surface area contributed by atoms with Crippen LogP contribution >= 0.6 is 0 Å². The largest absolute Gasteiger partial charge is 0.478 e. The van der Waals surface area contributed by atoms with Crippen molar-refractivity contribution in [2.75, 3.05) is 13.1 Å². The van der Waals surface area contributed by atoms with Crippen LogP contribution in [0.5, 0.6) is 0 Å². The van der Waals surface area contributed by atoms with E-state index in [1.165, 1.54) is 18.3 Å². The third-order valence-corrected chi connectivity index (χ3v) is 3.23. The Morgan fingerprint density at radius 3 is 2.29 bits per heavy atom. The molecule has 0 saturated carbocycles. The standard InChI is InChI=1S/C15H23N3O3/c1-10(2)18(11(3)4)8-7-16-14(19)13-6-5-12(9-17-13)15(20)21/h5-6,9-11H,7-8H2,1-4H3,(H,16,19)(H,20,21). The summed E-state index contributed by atoms with van der Waals surface area (Å²) >= 11 is 0. The van der Waals surface area contributed by atoms with E-state index in [9.17, 15) is 9.59 Å². The monoisotopic (exact) mass is 293 g/mol. The molecule has 0 aliphatic heterocycles. The number of nitrogens with one attached hydrogen (secondary N) is 1. The van der Waals surface area contributed by atoms with Crippen LogP contribution in [-0.4, -0.2) is 52.0 Å². The van der Waals surface area contributed by atoms with Crippen LogP contribution in [0.1, 0.15) is 48.5 Å². The molecule has 2 N–H and O–H groups in total. The van der Waals surface area contributed by atoms with Gasteiger partial charge in [0.1, 0.15) is 5.69 Å². The second kappa shape index (κ2) is 7.73. The second-order valence-electron chi connectivity index (χ2n) is 5.42. The maximum absolute atomic E-state index is 11.9. The van der Waals surface area contributed by atoms with E-state index in [2.05, 4.69) is 42.9 Å². The number of rotatable bonds is 7. The second-order valence-corrected chi connectivity index (χ2v) is 5.42. The molecule has 0 aromatic carbocycles. The average Bonchev–Trinajstić information content (AvgIpc) is 2.42. The summed E-state index contributed by atoms with van der Waals surface area (Å²) in [7, 11) is 0. The van der Waals surface area contributed by atoms with Crippen molar-refractivity contribution in [3.05, 3.63) is 29.6 Å². The number of carbonyl (C=O) groups is 2. The number of hydrogen-bond acceptors (Lipinski definition) is 4. The van der Waals surface area contributed by atoms with Gasteiger partial charge in [-0.05, 0) is 39.8 Å². The summed E-state index contributed by atoms with van der Waals surface area (Å²) in [6.07, 6.45) is 1.19. The fraction of sp³-hybridized carbons (Fsp3) is 0.533. The highest BCUT2D eigenvalue weighted by Gasteiger charge is 2.14. The summed E-state index contributed by atoms with van der Waals surface area (Å²) in [5.74, 6) is -1.35. The van der Waals surface area contributed by atoms with Gasteiger partial charge in [0, 0.05) is 31.4 Å². The maximum atomic E-state index is 11.9. The first-order chi connectivity index (χ1) is 9.82. The molecule has 0 unspecified atom stereocenters.